The number of carbonyl (C=O) groups excluding carboxylic acids is 1. The van der Waals surface area contributed by atoms with E-state index in [0.717, 1.165) is 19.6 Å². The Kier molecular flexibility index (Phi) is 2.74. The van der Waals surface area contributed by atoms with E-state index in [0.29, 0.717) is 6.17 Å². The van der Waals surface area contributed by atoms with E-state index in [9.17, 15) is 4.79 Å². The molecule has 80 valence electrons. The summed E-state index contributed by atoms with van der Waals surface area (Å²) < 4.78 is 0. The largest absolute Gasteiger partial charge is 0.343 e. The fourth-order valence-corrected chi connectivity index (χ4v) is 2.41. The average Bonchev–Trinajstić information content (AvgIpc) is 2.67. The lowest BCUT2D eigenvalue weighted by molar-refractivity contribution is -0.141. The molecule has 4 heteroatoms. The summed E-state index contributed by atoms with van der Waals surface area (Å²) in [4.78, 5) is 15.9. The van der Waals surface area contributed by atoms with Crippen molar-refractivity contribution in [2.24, 2.45) is 0 Å². The number of piperazine rings is 1. The molecule has 0 spiro atoms. The molecule has 0 aromatic carbocycles. The summed E-state index contributed by atoms with van der Waals surface area (Å²) >= 11 is 0. The van der Waals surface area contributed by atoms with Gasteiger partial charge >= 0.3 is 0 Å². The smallest absolute Gasteiger partial charge is 0.239 e. The van der Waals surface area contributed by atoms with Crippen LogP contribution in [-0.2, 0) is 4.79 Å². The van der Waals surface area contributed by atoms with E-state index in [4.69, 9.17) is 0 Å². The first-order chi connectivity index (χ1) is 6.70. The third kappa shape index (κ3) is 1.64. The van der Waals surface area contributed by atoms with E-state index in [2.05, 4.69) is 10.2 Å². The second-order valence-corrected chi connectivity index (χ2v) is 4.29. The molecule has 2 aliphatic heterocycles. The highest BCUT2D eigenvalue weighted by molar-refractivity contribution is 5.82. The third-order valence-corrected chi connectivity index (χ3v) is 3.36. The van der Waals surface area contributed by atoms with Crippen molar-refractivity contribution in [1.29, 1.82) is 0 Å². The topological polar surface area (TPSA) is 35.6 Å². The number of hydrogen-bond donors (Lipinski definition) is 1. The molecule has 2 aliphatic rings. The van der Waals surface area contributed by atoms with Crippen molar-refractivity contribution >= 4 is 5.91 Å². The van der Waals surface area contributed by atoms with Gasteiger partial charge in [0.15, 0.2) is 0 Å². The van der Waals surface area contributed by atoms with Crippen LogP contribution in [0.2, 0.25) is 0 Å². The molecule has 2 heterocycles. The normalized spacial score (nSPS) is 35.3. The molecule has 0 bridgehead atoms. The minimum atomic E-state index is 0.0457. The Balaban J connectivity index is 2.02. The number of rotatable bonds is 1. The summed E-state index contributed by atoms with van der Waals surface area (Å²) in [6, 6.07) is 0.0457. The molecular formula is C10H19N3O. The monoisotopic (exact) mass is 197 g/mol. The van der Waals surface area contributed by atoms with E-state index in [1.54, 1.807) is 0 Å². The summed E-state index contributed by atoms with van der Waals surface area (Å²) in [5, 5.41) is 3.45. The molecule has 0 aliphatic carbocycles. The van der Waals surface area contributed by atoms with Crippen molar-refractivity contribution < 1.29 is 4.79 Å². The summed E-state index contributed by atoms with van der Waals surface area (Å²) in [5.74, 6) is 0.255. The second-order valence-electron chi connectivity index (χ2n) is 4.29. The van der Waals surface area contributed by atoms with E-state index in [1.165, 1.54) is 12.8 Å². The Morgan fingerprint density at radius 3 is 2.86 bits per heavy atom. The first-order valence-corrected chi connectivity index (χ1v) is 5.44. The SMILES string of the molecule is CC1C(=O)N(C)CCN1C1CCCN1. The number of carbonyl (C=O) groups is 1. The van der Waals surface area contributed by atoms with Crippen molar-refractivity contribution in [2.45, 2.75) is 32.0 Å². The van der Waals surface area contributed by atoms with Gasteiger partial charge in [-0.1, -0.05) is 0 Å². The van der Waals surface area contributed by atoms with Crippen LogP contribution in [0.1, 0.15) is 19.8 Å². The summed E-state index contributed by atoms with van der Waals surface area (Å²) in [5.41, 5.74) is 0. The summed E-state index contributed by atoms with van der Waals surface area (Å²) in [7, 11) is 1.89. The molecule has 0 radical (unpaired) electrons. The maximum atomic E-state index is 11.7. The molecule has 0 aromatic rings. The van der Waals surface area contributed by atoms with Crippen LogP contribution in [0.3, 0.4) is 0 Å². The maximum absolute atomic E-state index is 11.7. The van der Waals surface area contributed by atoms with Crippen LogP contribution in [-0.4, -0.2) is 54.6 Å². The Labute approximate surface area is 85.2 Å². The zero-order valence-corrected chi connectivity index (χ0v) is 8.99. The average molecular weight is 197 g/mol. The molecule has 2 saturated heterocycles. The van der Waals surface area contributed by atoms with Gasteiger partial charge in [0.2, 0.25) is 5.91 Å². The lowest BCUT2D eigenvalue weighted by Gasteiger charge is -2.40. The Hall–Kier alpha value is -0.610. The van der Waals surface area contributed by atoms with Gasteiger partial charge in [-0.2, -0.15) is 0 Å². The van der Waals surface area contributed by atoms with E-state index in [-0.39, 0.29) is 11.9 Å². The van der Waals surface area contributed by atoms with Gasteiger partial charge in [-0.15, -0.1) is 0 Å². The fourth-order valence-electron chi connectivity index (χ4n) is 2.41. The molecule has 2 rings (SSSR count). The number of hydrogen-bond acceptors (Lipinski definition) is 3. The van der Waals surface area contributed by atoms with Gasteiger partial charge in [-0.05, 0) is 26.3 Å². The lowest BCUT2D eigenvalue weighted by atomic mass is 10.1. The summed E-state index contributed by atoms with van der Waals surface area (Å²) in [6.45, 7) is 4.97. The molecule has 4 nitrogen and oxygen atoms in total. The number of likely N-dealkylation sites (N-methyl/N-ethyl adjacent to an activating group) is 1. The highest BCUT2D eigenvalue weighted by Gasteiger charge is 2.34. The zero-order valence-electron chi connectivity index (χ0n) is 8.99. The van der Waals surface area contributed by atoms with Crippen molar-refractivity contribution in [3.63, 3.8) is 0 Å². The van der Waals surface area contributed by atoms with Crippen LogP contribution in [0.25, 0.3) is 0 Å². The predicted molar refractivity (Wildman–Crippen MR) is 54.8 cm³/mol. The number of nitrogens with zero attached hydrogens (tertiary/aromatic N) is 2. The molecule has 14 heavy (non-hydrogen) atoms. The van der Waals surface area contributed by atoms with Gasteiger partial charge in [0.1, 0.15) is 0 Å². The predicted octanol–water partition coefficient (Wildman–Crippen LogP) is -0.142. The minimum absolute atomic E-state index is 0.0457. The summed E-state index contributed by atoms with van der Waals surface area (Å²) in [6.07, 6.45) is 2.85. The zero-order chi connectivity index (χ0) is 10.1. The van der Waals surface area contributed by atoms with Gasteiger partial charge in [0.05, 0.1) is 12.2 Å². The van der Waals surface area contributed by atoms with Crippen molar-refractivity contribution in [3.8, 4) is 0 Å². The standard InChI is InChI=1S/C10H19N3O/c1-8-10(14)12(2)6-7-13(8)9-4-3-5-11-9/h8-9,11H,3-7H2,1-2H3. The fraction of sp³-hybridized carbons (Fsp3) is 0.900. The van der Waals surface area contributed by atoms with Crippen LogP contribution in [0.4, 0.5) is 0 Å². The molecule has 0 aromatic heterocycles. The molecule has 2 atom stereocenters. The Morgan fingerprint density at radius 2 is 2.21 bits per heavy atom. The van der Waals surface area contributed by atoms with Gasteiger partial charge < -0.3 is 10.2 Å². The molecule has 1 amide bonds. The first kappa shape index (κ1) is 9.93. The van der Waals surface area contributed by atoms with Crippen LogP contribution in [0.5, 0.6) is 0 Å². The highest BCUT2D eigenvalue weighted by Crippen LogP contribution is 2.17. The molecule has 0 saturated carbocycles. The molecule has 1 N–H and O–H groups in total. The van der Waals surface area contributed by atoms with Crippen molar-refractivity contribution in [1.82, 2.24) is 15.1 Å². The van der Waals surface area contributed by atoms with Crippen LogP contribution in [0, 0.1) is 0 Å². The van der Waals surface area contributed by atoms with Gasteiger partial charge in [-0.3, -0.25) is 9.69 Å². The third-order valence-electron chi connectivity index (χ3n) is 3.36. The van der Waals surface area contributed by atoms with E-state index >= 15 is 0 Å². The van der Waals surface area contributed by atoms with Gasteiger partial charge in [0.25, 0.3) is 0 Å². The molecular weight excluding hydrogens is 178 g/mol. The van der Waals surface area contributed by atoms with Crippen molar-refractivity contribution in [3.05, 3.63) is 0 Å². The maximum Gasteiger partial charge on any atom is 0.239 e. The second kappa shape index (κ2) is 3.87. The van der Waals surface area contributed by atoms with E-state index in [1.807, 2.05) is 18.9 Å². The lowest BCUT2D eigenvalue weighted by Crippen LogP contribution is -2.59. The number of nitrogens with one attached hydrogen (secondary N) is 1. The minimum Gasteiger partial charge on any atom is -0.343 e. The Morgan fingerprint density at radius 1 is 1.43 bits per heavy atom. The van der Waals surface area contributed by atoms with Crippen LogP contribution < -0.4 is 5.32 Å². The first-order valence-electron chi connectivity index (χ1n) is 5.44. The highest BCUT2D eigenvalue weighted by atomic mass is 16.2. The van der Waals surface area contributed by atoms with Crippen molar-refractivity contribution in [2.75, 3.05) is 26.7 Å². The molecule has 2 fully saturated rings. The quantitative estimate of drug-likeness (QED) is 0.635. The molecule has 2 unspecified atom stereocenters. The van der Waals surface area contributed by atoms with Gasteiger partial charge in [-0.25, -0.2) is 0 Å². The van der Waals surface area contributed by atoms with Gasteiger partial charge in [0, 0.05) is 20.1 Å². The van der Waals surface area contributed by atoms with Crippen LogP contribution >= 0.6 is 0 Å². The number of amides is 1. The van der Waals surface area contributed by atoms with Crippen LogP contribution in [0.15, 0.2) is 0 Å². The Bertz CT molecular complexity index is 225. The van der Waals surface area contributed by atoms with E-state index < -0.39 is 0 Å².